The van der Waals surface area contributed by atoms with Crippen molar-refractivity contribution in [3.05, 3.63) is 35.9 Å². The Morgan fingerprint density at radius 2 is 2.12 bits per heavy atom. The molecule has 1 atom stereocenters. The zero-order valence-electron chi connectivity index (χ0n) is 9.84. The average Bonchev–Trinajstić information content (AvgIpc) is 2.66. The highest BCUT2D eigenvalue weighted by Gasteiger charge is 2.24. The number of hydrogen-bond donors (Lipinski definition) is 1. The van der Waals surface area contributed by atoms with Crippen LogP contribution >= 0.6 is 0 Å². The predicted octanol–water partition coefficient (Wildman–Crippen LogP) is 1.97. The molecular weight excluding hydrogens is 200 g/mol. The second-order valence-electron chi connectivity index (χ2n) is 4.59. The van der Waals surface area contributed by atoms with Gasteiger partial charge in [-0.25, -0.2) is 0 Å². The first-order valence-corrected chi connectivity index (χ1v) is 5.93. The molecule has 0 amide bonds. The van der Waals surface area contributed by atoms with Crippen LogP contribution < -0.4 is 0 Å². The Hall–Kier alpha value is -0.900. The SMILES string of the molecule is CN(O)CC1CCCN1Cc1ccccc1. The van der Waals surface area contributed by atoms with Crippen molar-refractivity contribution in [2.45, 2.75) is 25.4 Å². The predicted molar refractivity (Wildman–Crippen MR) is 64.3 cm³/mol. The van der Waals surface area contributed by atoms with Crippen LogP contribution in [0.5, 0.6) is 0 Å². The van der Waals surface area contributed by atoms with Crippen molar-refractivity contribution >= 4 is 0 Å². The second kappa shape index (κ2) is 5.43. The molecule has 0 bridgehead atoms. The molecule has 16 heavy (non-hydrogen) atoms. The van der Waals surface area contributed by atoms with Gasteiger partial charge >= 0.3 is 0 Å². The Balaban J connectivity index is 1.93. The summed E-state index contributed by atoms with van der Waals surface area (Å²) in [4.78, 5) is 2.46. The molecule has 1 aromatic rings. The van der Waals surface area contributed by atoms with Gasteiger partial charge in [0.15, 0.2) is 0 Å². The van der Waals surface area contributed by atoms with Crippen LogP contribution in [0, 0.1) is 0 Å². The van der Waals surface area contributed by atoms with Crippen molar-refractivity contribution in [1.29, 1.82) is 0 Å². The summed E-state index contributed by atoms with van der Waals surface area (Å²) in [6, 6.07) is 11.0. The maximum absolute atomic E-state index is 9.30. The molecular formula is C13H20N2O. The van der Waals surface area contributed by atoms with Crippen LogP contribution in [-0.4, -0.2) is 41.3 Å². The lowest BCUT2D eigenvalue weighted by Gasteiger charge is -2.26. The van der Waals surface area contributed by atoms with Gasteiger partial charge < -0.3 is 5.21 Å². The molecule has 1 unspecified atom stereocenters. The molecule has 0 spiro atoms. The van der Waals surface area contributed by atoms with E-state index < -0.39 is 0 Å². The minimum Gasteiger partial charge on any atom is -0.314 e. The van der Waals surface area contributed by atoms with E-state index in [4.69, 9.17) is 0 Å². The largest absolute Gasteiger partial charge is 0.314 e. The van der Waals surface area contributed by atoms with Crippen LogP contribution in [0.25, 0.3) is 0 Å². The van der Waals surface area contributed by atoms with Gasteiger partial charge in [-0.15, -0.1) is 0 Å². The molecule has 0 aromatic heterocycles. The summed E-state index contributed by atoms with van der Waals surface area (Å²) in [5.74, 6) is 0. The molecule has 1 aliphatic rings. The van der Waals surface area contributed by atoms with Gasteiger partial charge in [-0.05, 0) is 24.9 Å². The van der Waals surface area contributed by atoms with Crippen molar-refractivity contribution in [2.75, 3.05) is 20.1 Å². The molecule has 3 heteroatoms. The first kappa shape index (κ1) is 11.6. The molecule has 88 valence electrons. The number of likely N-dealkylation sites (N-methyl/N-ethyl adjacent to an activating group) is 1. The molecule has 1 heterocycles. The number of rotatable bonds is 4. The second-order valence-corrected chi connectivity index (χ2v) is 4.59. The van der Waals surface area contributed by atoms with E-state index in [1.807, 2.05) is 6.07 Å². The van der Waals surface area contributed by atoms with E-state index in [0.29, 0.717) is 6.04 Å². The van der Waals surface area contributed by atoms with Gasteiger partial charge in [-0.1, -0.05) is 30.3 Å². The van der Waals surface area contributed by atoms with Gasteiger partial charge in [0.25, 0.3) is 0 Å². The fourth-order valence-corrected chi connectivity index (χ4v) is 2.43. The molecule has 1 saturated heterocycles. The lowest BCUT2D eigenvalue weighted by Crippen LogP contribution is -2.37. The summed E-state index contributed by atoms with van der Waals surface area (Å²) < 4.78 is 0. The Kier molecular flexibility index (Phi) is 3.93. The molecule has 0 saturated carbocycles. The Morgan fingerprint density at radius 3 is 2.81 bits per heavy atom. The van der Waals surface area contributed by atoms with E-state index in [1.165, 1.54) is 23.5 Å². The van der Waals surface area contributed by atoms with Gasteiger partial charge in [0.1, 0.15) is 0 Å². The highest BCUT2D eigenvalue weighted by Crippen LogP contribution is 2.20. The van der Waals surface area contributed by atoms with E-state index >= 15 is 0 Å². The van der Waals surface area contributed by atoms with Crippen LogP contribution in [0.4, 0.5) is 0 Å². The molecule has 1 aliphatic heterocycles. The van der Waals surface area contributed by atoms with Gasteiger partial charge in [-0.2, -0.15) is 5.06 Å². The lowest BCUT2D eigenvalue weighted by molar-refractivity contribution is -0.0789. The van der Waals surface area contributed by atoms with E-state index in [9.17, 15) is 5.21 Å². The maximum atomic E-state index is 9.30. The molecule has 1 fully saturated rings. The number of benzene rings is 1. The van der Waals surface area contributed by atoms with E-state index in [-0.39, 0.29) is 0 Å². The van der Waals surface area contributed by atoms with Gasteiger partial charge in [0.05, 0.1) is 0 Å². The Bertz CT molecular complexity index is 313. The van der Waals surface area contributed by atoms with E-state index in [1.54, 1.807) is 7.05 Å². The fraction of sp³-hybridized carbons (Fsp3) is 0.538. The lowest BCUT2D eigenvalue weighted by atomic mass is 10.2. The van der Waals surface area contributed by atoms with Crippen LogP contribution in [-0.2, 0) is 6.54 Å². The zero-order valence-corrected chi connectivity index (χ0v) is 9.84. The minimum absolute atomic E-state index is 0.496. The first-order valence-electron chi connectivity index (χ1n) is 5.93. The zero-order chi connectivity index (χ0) is 11.4. The quantitative estimate of drug-likeness (QED) is 0.786. The van der Waals surface area contributed by atoms with Crippen LogP contribution in [0.3, 0.4) is 0 Å². The van der Waals surface area contributed by atoms with Crippen molar-refractivity contribution in [3.8, 4) is 0 Å². The fourth-order valence-electron chi connectivity index (χ4n) is 2.43. The number of likely N-dealkylation sites (tertiary alicyclic amines) is 1. The Labute approximate surface area is 97.2 Å². The molecule has 0 radical (unpaired) electrons. The van der Waals surface area contributed by atoms with E-state index in [0.717, 1.165) is 19.6 Å². The monoisotopic (exact) mass is 220 g/mol. The molecule has 1 aromatic carbocycles. The van der Waals surface area contributed by atoms with Gasteiger partial charge in [0, 0.05) is 26.2 Å². The van der Waals surface area contributed by atoms with Crippen molar-refractivity contribution in [2.24, 2.45) is 0 Å². The van der Waals surface area contributed by atoms with Crippen LogP contribution in [0.1, 0.15) is 18.4 Å². The number of hydrogen-bond acceptors (Lipinski definition) is 3. The molecule has 1 N–H and O–H groups in total. The molecule has 0 aliphatic carbocycles. The minimum atomic E-state index is 0.496. The summed E-state index contributed by atoms with van der Waals surface area (Å²) >= 11 is 0. The molecule has 2 rings (SSSR count). The summed E-state index contributed by atoms with van der Waals surface area (Å²) in [5, 5.41) is 10.6. The third-order valence-corrected chi connectivity index (χ3v) is 3.20. The average molecular weight is 220 g/mol. The topological polar surface area (TPSA) is 26.7 Å². The van der Waals surface area contributed by atoms with Gasteiger partial charge in [0.2, 0.25) is 0 Å². The van der Waals surface area contributed by atoms with Crippen molar-refractivity contribution < 1.29 is 5.21 Å². The number of nitrogens with zero attached hydrogens (tertiary/aromatic N) is 2. The third-order valence-electron chi connectivity index (χ3n) is 3.20. The third kappa shape index (κ3) is 3.04. The van der Waals surface area contributed by atoms with Crippen LogP contribution in [0.15, 0.2) is 30.3 Å². The van der Waals surface area contributed by atoms with Gasteiger partial charge in [-0.3, -0.25) is 4.90 Å². The maximum Gasteiger partial charge on any atom is 0.0391 e. The summed E-state index contributed by atoms with van der Waals surface area (Å²) in [6.07, 6.45) is 2.43. The highest BCUT2D eigenvalue weighted by molar-refractivity contribution is 5.14. The highest BCUT2D eigenvalue weighted by atomic mass is 16.5. The summed E-state index contributed by atoms with van der Waals surface area (Å²) in [5.41, 5.74) is 1.36. The summed E-state index contributed by atoms with van der Waals surface area (Å²) in [7, 11) is 1.72. The van der Waals surface area contributed by atoms with Crippen molar-refractivity contribution in [3.63, 3.8) is 0 Å². The van der Waals surface area contributed by atoms with Crippen molar-refractivity contribution in [1.82, 2.24) is 9.96 Å². The standard InChI is InChI=1S/C13H20N2O/c1-14(16)11-13-8-5-9-15(13)10-12-6-3-2-4-7-12/h2-4,6-7,13,16H,5,8-11H2,1H3. The number of hydroxylamine groups is 2. The Morgan fingerprint density at radius 1 is 1.38 bits per heavy atom. The normalized spacial score (nSPS) is 21.8. The summed E-state index contributed by atoms with van der Waals surface area (Å²) in [6.45, 7) is 2.89. The smallest absolute Gasteiger partial charge is 0.0391 e. The molecule has 3 nitrogen and oxygen atoms in total. The van der Waals surface area contributed by atoms with Crippen LogP contribution in [0.2, 0.25) is 0 Å². The van der Waals surface area contributed by atoms with E-state index in [2.05, 4.69) is 29.2 Å². The first-order chi connectivity index (χ1) is 7.75.